The zero-order valence-electron chi connectivity index (χ0n) is 7.92. The molecule has 0 aromatic rings. The van der Waals surface area contributed by atoms with Crippen LogP contribution >= 0.6 is 0 Å². The van der Waals surface area contributed by atoms with E-state index < -0.39 is 0 Å². The van der Waals surface area contributed by atoms with Gasteiger partial charge in [0.2, 0.25) is 0 Å². The van der Waals surface area contributed by atoms with Crippen LogP contribution in [0.5, 0.6) is 0 Å². The summed E-state index contributed by atoms with van der Waals surface area (Å²) in [7, 11) is 0. The van der Waals surface area contributed by atoms with Crippen LogP contribution in [0.2, 0.25) is 0 Å². The molecule has 1 rings (SSSR count). The van der Waals surface area contributed by atoms with Gasteiger partial charge in [-0.25, -0.2) is 0 Å². The van der Waals surface area contributed by atoms with Gasteiger partial charge in [0.05, 0.1) is 6.10 Å². The minimum Gasteiger partial charge on any atom is -0.393 e. The number of carbonyl (C=O) groups is 1. The summed E-state index contributed by atoms with van der Waals surface area (Å²) in [6.07, 6.45) is 3.26. The van der Waals surface area contributed by atoms with Crippen LogP contribution in [-0.2, 0) is 4.79 Å². The Balaban J connectivity index is 2.26. The number of carbonyl (C=O) groups excluding carboxylic acids is 1. The van der Waals surface area contributed by atoms with Crippen molar-refractivity contribution in [1.82, 2.24) is 0 Å². The second kappa shape index (κ2) is 4.04. The fraction of sp³-hybridized carbons (Fsp3) is 0.900. The predicted octanol–water partition coefficient (Wildman–Crippen LogP) is 1.76. The van der Waals surface area contributed by atoms with Crippen LogP contribution in [0.15, 0.2) is 0 Å². The molecule has 1 saturated carbocycles. The van der Waals surface area contributed by atoms with Gasteiger partial charge in [-0.3, -0.25) is 4.79 Å². The smallest absolute Gasteiger partial charge is 0.138 e. The standard InChI is InChI=1S/C10H18O2/c1-3-9(11)6-7(2)10(12)8-4-5-8/h7-9,11H,3-6H2,1-2H3/t7-,9-/m0/s1. The van der Waals surface area contributed by atoms with Crippen LogP contribution < -0.4 is 0 Å². The number of hydrogen-bond donors (Lipinski definition) is 1. The Morgan fingerprint density at radius 3 is 2.58 bits per heavy atom. The van der Waals surface area contributed by atoms with E-state index in [1.165, 1.54) is 0 Å². The van der Waals surface area contributed by atoms with E-state index in [1.54, 1.807) is 0 Å². The Morgan fingerprint density at radius 2 is 2.17 bits per heavy atom. The monoisotopic (exact) mass is 170 g/mol. The summed E-state index contributed by atoms with van der Waals surface area (Å²) in [5, 5.41) is 9.33. The highest BCUT2D eigenvalue weighted by atomic mass is 16.3. The third-order valence-corrected chi connectivity index (χ3v) is 2.56. The number of rotatable bonds is 5. The largest absolute Gasteiger partial charge is 0.393 e. The molecular weight excluding hydrogens is 152 g/mol. The number of Topliss-reactive ketones (excluding diaryl/α,β-unsaturated/α-hetero) is 1. The predicted molar refractivity (Wildman–Crippen MR) is 47.8 cm³/mol. The molecule has 70 valence electrons. The first-order valence-corrected chi connectivity index (χ1v) is 4.87. The minimum absolute atomic E-state index is 0.0625. The van der Waals surface area contributed by atoms with Crippen molar-refractivity contribution in [2.75, 3.05) is 0 Å². The van der Waals surface area contributed by atoms with Gasteiger partial charge in [-0.1, -0.05) is 13.8 Å². The second-order valence-electron chi connectivity index (χ2n) is 3.88. The maximum Gasteiger partial charge on any atom is 0.138 e. The molecule has 0 spiro atoms. The molecule has 0 aliphatic heterocycles. The molecule has 0 aromatic carbocycles. The van der Waals surface area contributed by atoms with Crippen LogP contribution in [0, 0.1) is 11.8 Å². The lowest BCUT2D eigenvalue weighted by Crippen LogP contribution is -2.19. The number of ketones is 1. The highest BCUT2D eigenvalue weighted by Crippen LogP contribution is 2.33. The summed E-state index contributed by atoms with van der Waals surface area (Å²) in [5.74, 6) is 0.763. The van der Waals surface area contributed by atoms with Crippen molar-refractivity contribution < 1.29 is 9.90 Å². The lowest BCUT2D eigenvalue weighted by molar-refractivity contribution is -0.124. The molecule has 0 heterocycles. The van der Waals surface area contributed by atoms with Crippen LogP contribution in [0.3, 0.4) is 0 Å². The summed E-state index contributed by atoms with van der Waals surface area (Å²) in [6.45, 7) is 3.87. The number of aliphatic hydroxyl groups is 1. The average Bonchev–Trinajstić information content (AvgIpc) is 2.85. The summed E-state index contributed by atoms with van der Waals surface area (Å²) in [5.41, 5.74) is 0. The van der Waals surface area contributed by atoms with Gasteiger partial charge in [0.1, 0.15) is 5.78 Å². The SMILES string of the molecule is CC[C@H](O)C[C@H](C)C(=O)C1CC1. The molecule has 0 bridgehead atoms. The summed E-state index contributed by atoms with van der Waals surface area (Å²) in [4.78, 5) is 11.4. The highest BCUT2D eigenvalue weighted by Gasteiger charge is 2.33. The maximum atomic E-state index is 11.4. The Morgan fingerprint density at radius 1 is 1.58 bits per heavy atom. The lowest BCUT2D eigenvalue weighted by Gasteiger charge is -2.13. The summed E-state index contributed by atoms with van der Waals surface area (Å²) >= 11 is 0. The van der Waals surface area contributed by atoms with Gasteiger partial charge in [-0.2, -0.15) is 0 Å². The van der Waals surface area contributed by atoms with Crippen molar-refractivity contribution in [2.24, 2.45) is 11.8 Å². The topological polar surface area (TPSA) is 37.3 Å². The van der Waals surface area contributed by atoms with E-state index in [4.69, 9.17) is 0 Å². The van der Waals surface area contributed by atoms with E-state index in [-0.39, 0.29) is 12.0 Å². The van der Waals surface area contributed by atoms with Crippen LogP contribution in [0.1, 0.15) is 39.5 Å². The fourth-order valence-electron chi connectivity index (χ4n) is 1.46. The molecule has 1 aliphatic rings. The number of hydrogen-bond acceptors (Lipinski definition) is 2. The lowest BCUT2D eigenvalue weighted by atomic mass is 9.95. The number of aliphatic hydroxyl groups excluding tert-OH is 1. The third kappa shape index (κ3) is 2.59. The zero-order valence-corrected chi connectivity index (χ0v) is 7.92. The molecule has 1 aliphatic carbocycles. The molecule has 0 aromatic heterocycles. The summed E-state index contributed by atoms with van der Waals surface area (Å²) in [6, 6.07) is 0. The molecule has 2 atom stereocenters. The van der Waals surface area contributed by atoms with E-state index in [0.717, 1.165) is 19.3 Å². The molecule has 12 heavy (non-hydrogen) atoms. The van der Waals surface area contributed by atoms with Gasteiger partial charge >= 0.3 is 0 Å². The van der Waals surface area contributed by atoms with E-state index in [0.29, 0.717) is 18.1 Å². The first kappa shape index (κ1) is 9.72. The van der Waals surface area contributed by atoms with Crippen molar-refractivity contribution in [3.05, 3.63) is 0 Å². The van der Waals surface area contributed by atoms with E-state index in [9.17, 15) is 9.90 Å². The van der Waals surface area contributed by atoms with Gasteiger partial charge in [0.25, 0.3) is 0 Å². The van der Waals surface area contributed by atoms with Gasteiger partial charge in [-0.15, -0.1) is 0 Å². The minimum atomic E-state index is -0.289. The van der Waals surface area contributed by atoms with Gasteiger partial charge in [0, 0.05) is 11.8 Å². The highest BCUT2D eigenvalue weighted by molar-refractivity contribution is 5.85. The second-order valence-corrected chi connectivity index (χ2v) is 3.88. The Labute approximate surface area is 74.0 Å². The first-order chi connectivity index (χ1) is 5.65. The van der Waals surface area contributed by atoms with E-state index in [1.807, 2.05) is 13.8 Å². The maximum absolute atomic E-state index is 11.4. The molecule has 0 radical (unpaired) electrons. The Bertz CT molecular complexity index is 161. The molecule has 1 N–H and O–H groups in total. The van der Waals surface area contributed by atoms with Crippen LogP contribution in [0.4, 0.5) is 0 Å². The zero-order chi connectivity index (χ0) is 9.14. The molecule has 2 heteroatoms. The average molecular weight is 170 g/mol. The van der Waals surface area contributed by atoms with Crippen molar-refractivity contribution in [3.8, 4) is 0 Å². The molecule has 0 unspecified atom stereocenters. The van der Waals surface area contributed by atoms with Crippen LogP contribution in [-0.4, -0.2) is 17.0 Å². The van der Waals surface area contributed by atoms with E-state index in [2.05, 4.69) is 0 Å². The molecule has 2 nitrogen and oxygen atoms in total. The summed E-state index contributed by atoms with van der Waals surface area (Å²) < 4.78 is 0. The van der Waals surface area contributed by atoms with Crippen LogP contribution in [0.25, 0.3) is 0 Å². The van der Waals surface area contributed by atoms with E-state index >= 15 is 0 Å². The quantitative estimate of drug-likeness (QED) is 0.682. The van der Waals surface area contributed by atoms with Crippen molar-refractivity contribution >= 4 is 5.78 Å². The normalized spacial score (nSPS) is 21.9. The molecule has 0 saturated heterocycles. The Kier molecular flexibility index (Phi) is 3.27. The fourth-order valence-corrected chi connectivity index (χ4v) is 1.46. The van der Waals surface area contributed by atoms with Crippen molar-refractivity contribution in [2.45, 2.75) is 45.6 Å². The van der Waals surface area contributed by atoms with Gasteiger partial charge < -0.3 is 5.11 Å². The molecular formula is C10H18O2. The van der Waals surface area contributed by atoms with Crippen molar-refractivity contribution in [1.29, 1.82) is 0 Å². The molecule has 1 fully saturated rings. The first-order valence-electron chi connectivity index (χ1n) is 4.87. The Hall–Kier alpha value is -0.370. The van der Waals surface area contributed by atoms with Gasteiger partial charge in [0.15, 0.2) is 0 Å². The molecule has 0 amide bonds. The van der Waals surface area contributed by atoms with Gasteiger partial charge in [-0.05, 0) is 25.7 Å². The third-order valence-electron chi connectivity index (χ3n) is 2.56. The van der Waals surface area contributed by atoms with Crippen molar-refractivity contribution in [3.63, 3.8) is 0 Å².